The van der Waals surface area contributed by atoms with Gasteiger partial charge in [0.05, 0.1) is 12.7 Å². The highest BCUT2D eigenvalue weighted by Gasteiger charge is 2.24. The highest BCUT2D eigenvalue weighted by atomic mass is 16.5. The number of methoxy groups -OCH3 is 1. The van der Waals surface area contributed by atoms with Gasteiger partial charge >= 0.3 is 0 Å². The van der Waals surface area contributed by atoms with Crippen molar-refractivity contribution < 1.29 is 9.84 Å². The van der Waals surface area contributed by atoms with Crippen LogP contribution in [-0.4, -0.2) is 17.2 Å². The molecule has 0 saturated carbocycles. The first-order valence-corrected chi connectivity index (χ1v) is 6.86. The number of hydrogen-bond acceptors (Lipinski definition) is 3. The Morgan fingerprint density at radius 3 is 2.65 bits per heavy atom. The van der Waals surface area contributed by atoms with E-state index in [0.717, 1.165) is 23.4 Å². The molecule has 1 aromatic carbocycles. The number of aromatic nitrogens is 1. The zero-order valence-electron chi connectivity index (χ0n) is 12.3. The van der Waals surface area contributed by atoms with Gasteiger partial charge < -0.3 is 9.84 Å². The Balaban J connectivity index is 2.20. The minimum absolute atomic E-state index is 0.476. The first-order valence-electron chi connectivity index (χ1n) is 6.86. The quantitative estimate of drug-likeness (QED) is 0.908. The van der Waals surface area contributed by atoms with Crippen molar-refractivity contribution in [2.75, 3.05) is 7.11 Å². The molecule has 3 nitrogen and oxygen atoms in total. The molecule has 20 heavy (non-hydrogen) atoms. The molecule has 0 bridgehead atoms. The van der Waals surface area contributed by atoms with Crippen LogP contribution >= 0.6 is 0 Å². The summed E-state index contributed by atoms with van der Waals surface area (Å²) in [4.78, 5) is 4.41. The number of nitrogens with zero attached hydrogens (tertiary/aromatic N) is 1. The second-order valence-electron chi connectivity index (χ2n) is 5.19. The van der Waals surface area contributed by atoms with E-state index in [4.69, 9.17) is 4.74 Å². The average molecular weight is 271 g/mol. The van der Waals surface area contributed by atoms with Crippen LogP contribution in [0.3, 0.4) is 0 Å². The van der Waals surface area contributed by atoms with Crippen LogP contribution in [0.2, 0.25) is 0 Å². The molecule has 0 aliphatic heterocycles. The van der Waals surface area contributed by atoms with Crippen molar-refractivity contribution in [3.8, 4) is 5.75 Å². The first-order chi connectivity index (χ1) is 9.55. The standard InChI is InChI=1S/C17H21NO2/c1-4-13-8-9-15(18-12-13)11-17(2,19)14-6-5-7-16(10-14)20-3/h5-10,12,19H,4,11H2,1-3H3. The van der Waals surface area contributed by atoms with Gasteiger partial charge in [0.2, 0.25) is 0 Å². The predicted octanol–water partition coefficient (Wildman–Crippen LogP) is 3.10. The number of ether oxygens (including phenoxy) is 1. The second-order valence-corrected chi connectivity index (χ2v) is 5.19. The van der Waals surface area contributed by atoms with Gasteiger partial charge in [-0.25, -0.2) is 0 Å². The lowest BCUT2D eigenvalue weighted by molar-refractivity contribution is 0.0563. The maximum absolute atomic E-state index is 10.7. The largest absolute Gasteiger partial charge is 0.497 e. The molecule has 1 unspecified atom stereocenters. The van der Waals surface area contributed by atoms with E-state index in [1.54, 1.807) is 14.0 Å². The lowest BCUT2D eigenvalue weighted by Crippen LogP contribution is -2.24. The molecule has 106 valence electrons. The fourth-order valence-electron chi connectivity index (χ4n) is 2.18. The third-order valence-electron chi connectivity index (χ3n) is 3.51. The molecule has 0 radical (unpaired) electrons. The topological polar surface area (TPSA) is 42.4 Å². The Labute approximate surface area is 120 Å². The van der Waals surface area contributed by atoms with Gasteiger partial charge in [0.1, 0.15) is 5.75 Å². The molecule has 2 aromatic rings. The van der Waals surface area contributed by atoms with Crippen molar-refractivity contribution in [3.63, 3.8) is 0 Å². The van der Waals surface area contributed by atoms with Crippen LogP contribution < -0.4 is 4.74 Å². The summed E-state index contributed by atoms with van der Waals surface area (Å²) in [7, 11) is 1.62. The van der Waals surface area contributed by atoms with Gasteiger partial charge in [-0.1, -0.05) is 25.1 Å². The van der Waals surface area contributed by atoms with Crippen molar-refractivity contribution >= 4 is 0 Å². The number of pyridine rings is 1. The van der Waals surface area contributed by atoms with E-state index in [0.29, 0.717) is 6.42 Å². The highest BCUT2D eigenvalue weighted by Crippen LogP contribution is 2.27. The zero-order chi connectivity index (χ0) is 14.6. The summed E-state index contributed by atoms with van der Waals surface area (Å²) in [6.45, 7) is 3.90. The van der Waals surface area contributed by atoms with Gasteiger partial charge in [-0.2, -0.15) is 0 Å². The molecule has 1 heterocycles. The fourth-order valence-corrected chi connectivity index (χ4v) is 2.18. The zero-order valence-corrected chi connectivity index (χ0v) is 12.3. The minimum atomic E-state index is -0.963. The molecular formula is C17H21NO2. The van der Waals surface area contributed by atoms with Crippen molar-refractivity contribution in [1.29, 1.82) is 0 Å². The number of hydrogen-bond donors (Lipinski definition) is 1. The number of aliphatic hydroxyl groups is 1. The summed E-state index contributed by atoms with van der Waals surface area (Å²) in [6.07, 6.45) is 3.32. The van der Waals surface area contributed by atoms with Gasteiger partial charge in [-0.3, -0.25) is 4.98 Å². The Bertz CT molecular complexity index is 561. The van der Waals surface area contributed by atoms with Crippen LogP contribution in [0.4, 0.5) is 0 Å². The van der Waals surface area contributed by atoms with Crippen LogP contribution in [-0.2, 0) is 18.4 Å². The van der Waals surface area contributed by atoms with E-state index < -0.39 is 5.60 Å². The van der Waals surface area contributed by atoms with E-state index >= 15 is 0 Å². The van der Waals surface area contributed by atoms with E-state index in [-0.39, 0.29) is 0 Å². The maximum atomic E-state index is 10.7. The van der Waals surface area contributed by atoms with Crippen molar-refractivity contribution in [3.05, 3.63) is 59.4 Å². The predicted molar refractivity (Wildman–Crippen MR) is 79.9 cm³/mol. The molecule has 1 N–H and O–H groups in total. The monoisotopic (exact) mass is 271 g/mol. The summed E-state index contributed by atoms with van der Waals surface area (Å²) in [5.41, 5.74) is 1.96. The summed E-state index contributed by atoms with van der Waals surface area (Å²) >= 11 is 0. The van der Waals surface area contributed by atoms with Gasteiger partial charge in [-0.15, -0.1) is 0 Å². The van der Waals surface area contributed by atoms with Crippen LogP contribution in [0.15, 0.2) is 42.6 Å². The first kappa shape index (κ1) is 14.5. The van der Waals surface area contributed by atoms with Crippen molar-refractivity contribution in [1.82, 2.24) is 4.98 Å². The van der Waals surface area contributed by atoms with Gasteiger partial charge in [-0.05, 0) is 42.7 Å². The molecule has 0 aliphatic carbocycles. The maximum Gasteiger partial charge on any atom is 0.119 e. The molecule has 1 aromatic heterocycles. The molecular weight excluding hydrogens is 250 g/mol. The number of benzene rings is 1. The smallest absolute Gasteiger partial charge is 0.119 e. The van der Waals surface area contributed by atoms with Crippen LogP contribution in [0.1, 0.15) is 30.7 Å². The molecule has 0 fully saturated rings. The third kappa shape index (κ3) is 3.36. The lowest BCUT2D eigenvalue weighted by Gasteiger charge is -2.24. The van der Waals surface area contributed by atoms with E-state index in [1.165, 1.54) is 5.56 Å². The summed E-state index contributed by atoms with van der Waals surface area (Å²) in [6, 6.07) is 11.6. The molecule has 3 heteroatoms. The van der Waals surface area contributed by atoms with Crippen molar-refractivity contribution in [2.24, 2.45) is 0 Å². The molecule has 1 atom stereocenters. The average Bonchev–Trinajstić information content (AvgIpc) is 2.48. The van der Waals surface area contributed by atoms with Crippen molar-refractivity contribution in [2.45, 2.75) is 32.3 Å². The normalized spacial score (nSPS) is 13.8. The summed E-state index contributed by atoms with van der Waals surface area (Å²) < 4.78 is 5.20. The number of aryl methyl sites for hydroxylation is 1. The van der Waals surface area contributed by atoms with Gasteiger partial charge in [0, 0.05) is 18.3 Å². The SMILES string of the molecule is CCc1ccc(CC(C)(O)c2cccc(OC)c2)nc1. The van der Waals surface area contributed by atoms with Crippen LogP contribution in [0, 0.1) is 0 Å². The van der Waals surface area contributed by atoms with E-state index in [2.05, 4.69) is 18.0 Å². The fraction of sp³-hybridized carbons (Fsp3) is 0.353. The Morgan fingerprint density at radius 1 is 1.25 bits per heavy atom. The minimum Gasteiger partial charge on any atom is -0.497 e. The lowest BCUT2D eigenvalue weighted by atomic mass is 9.90. The Kier molecular flexibility index (Phi) is 4.40. The molecule has 2 rings (SSSR count). The Morgan fingerprint density at radius 2 is 2.05 bits per heavy atom. The third-order valence-corrected chi connectivity index (χ3v) is 3.51. The molecule has 0 spiro atoms. The molecule has 0 aliphatic rings. The van der Waals surface area contributed by atoms with Crippen LogP contribution in [0.25, 0.3) is 0 Å². The van der Waals surface area contributed by atoms with Crippen LogP contribution in [0.5, 0.6) is 5.75 Å². The van der Waals surface area contributed by atoms with Gasteiger partial charge in [0.25, 0.3) is 0 Å². The van der Waals surface area contributed by atoms with E-state index in [1.807, 2.05) is 36.5 Å². The number of rotatable bonds is 5. The van der Waals surface area contributed by atoms with E-state index in [9.17, 15) is 5.11 Å². The Hall–Kier alpha value is -1.87. The summed E-state index contributed by atoms with van der Waals surface area (Å²) in [5, 5.41) is 10.7. The molecule has 0 saturated heterocycles. The molecule has 0 amide bonds. The highest BCUT2D eigenvalue weighted by molar-refractivity contribution is 5.33. The second kappa shape index (κ2) is 6.06. The van der Waals surface area contributed by atoms with Gasteiger partial charge in [0.15, 0.2) is 0 Å². The summed E-state index contributed by atoms with van der Waals surface area (Å²) in [5.74, 6) is 0.747.